The molecule has 6 nitrogen and oxygen atoms in total. The van der Waals surface area contributed by atoms with Gasteiger partial charge in [-0.1, -0.05) is 43.3 Å². The molecule has 2 aromatic rings. The number of esters is 1. The number of ether oxygens (including phenoxy) is 1. The smallest absolute Gasteiger partial charge is 0.313 e. The Morgan fingerprint density at radius 3 is 2.42 bits per heavy atom. The standard InChI is InChI=1S/C20H22N2O4/c1-3-17(14-8-5-4-6-9-14)20(25)26-13-18(23)22-16-11-7-10-15(12-16)19(24)21-2/h4-12,17H,3,13H2,1-2H3,(H,21,24)(H,22,23)/t17-/m0/s1. The van der Waals surface area contributed by atoms with E-state index in [2.05, 4.69) is 10.6 Å². The van der Waals surface area contributed by atoms with Gasteiger partial charge in [-0.3, -0.25) is 14.4 Å². The summed E-state index contributed by atoms with van der Waals surface area (Å²) in [5.41, 5.74) is 1.75. The molecule has 6 heteroatoms. The average molecular weight is 354 g/mol. The maximum Gasteiger partial charge on any atom is 0.313 e. The van der Waals surface area contributed by atoms with Crippen molar-refractivity contribution >= 4 is 23.5 Å². The highest BCUT2D eigenvalue weighted by Crippen LogP contribution is 2.20. The molecule has 0 aromatic heterocycles. The van der Waals surface area contributed by atoms with Gasteiger partial charge in [0.05, 0.1) is 5.92 Å². The van der Waals surface area contributed by atoms with Crippen molar-refractivity contribution in [2.24, 2.45) is 0 Å². The number of nitrogens with one attached hydrogen (secondary N) is 2. The van der Waals surface area contributed by atoms with Gasteiger partial charge in [0.25, 0.3) is 11.8 Å². The summed E-state index contributed by atoms with van der Waals surface area (Å²) in [6.07, 6.45) is 0.582. The highest BCUT2D eigenvalue weighted by Gasteiger charge is 2.21. The summed E-state index contributed by atoms with van der Waals surface area (Å²) in [5.74, 6) is -1.55. The van der Waals surface area contributed by atoms with Gasteiger partial charge >= 0.3 is 5.97 Å². The molecule has 1 atom stereocenters. The van der Waals surface area contributed by atoms with E-state index >= 15 is 0 Å². The molecule has 2 amide bonds. The second-order valence-corrected chi connectivity index (χ2v) is 5.69. The van der Waals surface area contributed by atoms with Gasteiger partial charge in [-0.15, -0.1) is 0 Å². The van der Waals surface area contributed by atoms with Crippen LogP contribution >= 0.6 is 0 Å². The number of anilines is 1. The van der Waals surface area contributed by atoms with Gasteiger partial charge in [-0.25, -0.2) is 0 Å². The van der Waals surface area contributed by atoms with E-state index in [0.717, 1.165) is 5.56 Å². The maximum atomic E-state index is 12.3. The Morgan fingerprint density at radius 1 is 1.04 bits per heavy atom. The number of hydrogen-bond acceptors (Lipinski definition) is 4. The Balaban J connectivity index is 1.92. The van der Waals surface area contributed by atoms with Crippen LogP contribution in [0.2, 0.25) is 0 Å². The van der Waals surface area contributed by atoms with Gasteiger partial charge in [0.15, 0.2) is 6.61 Å². The van der Waals surface area contributed by atoms with E-state index in [-0.39, 0.29) is 12.5 Å². The third-order valence-electron chi connectivity index (χ3n) is 3.88. The van der Waals surface area contributed by atoms with E-state index < -0.39 is 17.8 Å². The second kappa shape index (κ2) is 9.36. The van der Waals surface area contributed by atoms with Crippen LogP contribution in [0.4, 0.5) is 5.69 Å². The molecule has 0 unspecified atom stereocenters. The first-order chi connectivity index (χ1) is 12.5. The number of hydrogen-bond donors (Lipinski definition) is 2. The maximum absolute atomic E-state index is 12.3. The molecule has 0 radical (unpaired) electrons. The highest BCUT2D eigenvalue weighted by atomic mass is 16.5. The number of benzene rings is 2. The van der Waals surface area contributed by atoms with E-state index in [1.165, 1.54) is 7.05 Å². The zero-order valence-corrected chi connectivity index (χ0v) is 14.8. The molecule has 0 aliphatic heterocycles. The zero-order chi connectivity index (χ0) is 18.9. The summed E-state index contributed by atoms with van der Waals surface area (Å²) in [7, 11) is 1.53. The van der Waals surface area contributed by atoms with Crippen LogP contribution in [0.3, 0.4) is 0 Å². The first-order valence-electron chi connectivity index (χ1n) is 8.38. The van der Waals surface area contributed by atoms with Gasteiger partial charge in [0, 0.05) is 18.3 Å². The fourth-order valence-electron chi connectivity index (χ4n) is 2.54. The molecule has 0 saturated heterocycles. The Bertz CT molecular complexity index is 774. The van der Waals surface area contributed by atoms with Crippen LogP contribution in [0.1, 0.15) is 35.2 Å². The van der Waals surface area contributed by atoms with E-state index in [1.54, 1.807) is 24.3 Å². The normalized spacial score (nSPS) is 11.3. The molecule has 0 saturated carbocycles. The van der Waals surface area contributed by atoms with Crippen LogP contribution in [0.5, 0.6) is 0 Å². The van der Waals surface area contributed by atoms with Gasteiger partial charge in [-0.2, -0.15) is 0 Å². The predicted molar refractivity (Wildman–Crippen MR) is 98.9 cm³/mol. The lowest BCUT2D eigenvalue weighted by atomic mass is 9.97. The van der Waals surface area contributed by atoms with Crippen LogP contribution in [0, 0.1) is 0 Å². The molecule has 0 aliphatic rings. The van der Waals surface area contributed by atoms with Crippen molar-refractivity contribution in [1.82, 2.24) is 5.32 Å². The molecule has 0 bridgehead atoms. The van der Waals surface area contributed by atoms with Crippen molar-refractivity contribution in [2.45, 2.75) is 19.3 Å². The monoisotopic (exact) mass is 354 g/mol. The van der Waals surface area contributed by atoms with Crippen molar-refractivity contribution in [1.29, 1.82) is 0 Å². The number of rotatable bonds is 7. The third kappa shape index (κ3) is 5.17. The van der Waals surface area contributed by atoms with Crippen molar-refractivity contribution in [3.05, 3.63) is 65.7 Å². The summed E-state index contributed by atoms with van der Waals surface area (Å²) < 4.78 is 5.15. The molecule has 2 N–H and O–H groups in total. The summed E-state index contributed by atoms with van der Waals surface area (Å²) in [5, 5.41) is 5.13. The van der Waals surface area contributed by atoms with Crippen LogP contribution in [0.15, 0.2) is 54.6 Å². The Morgan fingerprint density at radius 2 is 1.77 bits per heavy atom. The second-order valence-electron chi connectivity index (χ2n) is 5.69. The van der Waals surface area contributed by atoms with Gasteiger partial charge in [0.2, 0.25) is 0 Å². The molecule has 0 fully saturated rings. The van der Waals surface area contributed by atoms with Crippen LogP contribution < -0.4 is 10.6 Å². The van der Waals surface area contributed by atoms with Crippen LogP contribution in [-0.4, -0.2) is 31.4 Å². The molecular weight excluding hydrogens is 332 g/mol. The Hall–Kier alpha value is -3.15. The van der Waals surface area contributed by atoms with E-state index in [4.69, 9.17) is 4.74 Å². The molecule has 0 heterocycles. The minimum atomic E-state index is -0.463. The fourth-order valence-corrected chi connectivity index (χ4v) is 2.54. The number of carbonyl (C=O) groups excluding carboxylic acids is 3. The lowest BCUT2D eigenvalue weighted by Gasteiger charge is -2.14. The van der Waals surface area contributed by atoms with Gasteiger partial charge < -0.3 is 15.4 Å². The molecule has 136 valence electrons. The highest BCUT2D eigenvalue weighted by molar-refractivity contribution is 5.97. The topological polar surface area (TPSA) is 84.5 Å². The summed E-state index contributed by atoms with van der Waals surface area (Å²) in [6, 6.07) is 15.8. The van der Waals surface area contributed by atoms with E-state index in [9.17, 15) is 14.4 Å². The number of amides is 2. The first-order valence-corrected chi connectivity index (χ1v) is 8.38. The first kappa shape index (κ1) is 19.2. The van der Waals surface area contributed by atoms with Crippen molar-refractivity contribution in [2.75, 3.05) is 19.0 Å². The largest absolute Gasteiger partial charge is 0.455 e. The summed E-state index contributed by atoms with van der Waals surface area (Å²) >= 11 is 0. The lowest BCUT2D eigenvalue weighted by Crippen LogP contribution is -2.24. The van der Waals surface area contributed by atoms with Crippen molar-refractivity contribution < 1.29 is 19.1 Å². The van der Waals surface area contributed by atoms with Crippen LogP contribution in [-0.2, 0) is 14.3 Å². The minimum absolute atomic E-state index is 0.249. The summed E-state index contributed by atoms with van der Waals surface area (Å²) in [4.78, 5) is 35.9. The molecule has 2 rings (SSSR count). The molecule has 0 aliphatic carbocycles. The molecule has 2 aromatic carbocycles. The van der Waals surface area contributed by atoms with E-state index in [0.29, 0.717) is 17.7 Å². The lowest BCUT2D eigenvalue weighted by molar-refractivity contribution is -0.149. The van der Waals surface area contributed by atoms with Gasteiger partial charge in [0.1, 0.15) is 0 Å². The van der Waals surface area contributed by atoms with Crippen molar-refractivity contribution in [3.8, 4) is 0 Å². The SMILES string of the molecule is CC[C@H](C(=O)OCC(=O)Nc1cccc(C(=O)NC)c1)c1ccccc1. The minimum Gasteiger partial charge on any atom is -0.455 e. The average Bonchev–Trinajstić information content (AvgIpc) is 2.67. The Kier molecular flexibility index (Phi) is 6.91. The van der Waals surface area contributed by atoms with E-state index in [1.807, 2.05) is 37.3 Å². The van der Waals surface area contributed by atoms with Crippen molar-refractivity contribution in [3.63, 3.8) is 0 Å². The molecule has 0 spiro atoms. The number of carbonyl (C=O) groups is 3. The quantitative estimate of drug-likeness (QED) is 0.749. The third-order valence-corrected chi connectivity index (χ3v) is 3.88. The molecule has 26 heavy (non-hydrogen) atoms. The zero-order valence-electron chi connectivity index (χ0n) is 14.8. The summed E-state index contributed by atoms with van der Waals surface area (Å²) in [6.45, 7) is 1.51. The van der Waals surface area contributed by atoms with Crippen LogP contribution in [0.25, 0.3) is 0 Å². The predicted octanol–water partition coefficient (Wildman–Crippen LogP) is 2.72. The Labute approximate surface area is 152 Å². The fraction of sp³-hybridized carbons (Fsp3) is 0.250. The van der Waals surface area contributed by atoms with Gasteiger partial charge in [-0.05, 0) is 30.2 Å². The molecular formula is C20H22N2O4.